The van der Waals surface area contributed by atoms with Crippen LogP contribution >= 0.6 is 0 Å². The first kappa shape index (κ1) is 24.6. The van der Waals surface area contributed by atoms with E-state index in [9.17, 15) is 19.8 Å². The van der Waals surface area contributed by atoms with Gasteiger partial charge < -0.3 is 29.2 Å². The van der Waals surface area contributed by atoms with E-state index in [4.69, 9.17) is 18.9 Å². The highest BCUT2D eigenvalue weighted by molar-refractivity contribution is 5.89. The maximum atomic E-state index is 12.3. The van der Waals surface area contributed by atoms with Gasteiger partial charge in [-0.15, -0.1) is 0 Å². The van der Waals surface area contributed by atoms with Crippen LogP contribution in [-0.2, 0) is 18.9 Å². The zero-order chi connectivity index (χ0) is 24.6. The maximum absolute atomic E-state index is 12.3. The normalized spacial score (nSPS) is 21.1. The molecule has 0 aromatic heterocycles. The van der Waals surface area contributed by atoms with E-state index in [1.165, 1.54) is 0 Å². The van der Waals surface area contributed by atoms with E-state index in [1.54, 1.807) is 84.9 Å². The van der Waals surface area contributed by atoms with Crippen LogP contribution in [0.3, 0.4) is 0 Å². The lowest BCUT2D eigenvalue weighted by atomic mass is 10.0. The predicted molar refractivity (Wildman–Crippen MR) is 124 cm³/mol. The van der Waals surface area contributed by atoms with Gasteiger partial charge in [0.25, 0.3) is 0 Å². The number of carbonyl (C=O) groups is 2. The van der Waals surface area contributed by atoms with Gasteiger partial charge in [0.1, 0.15) is 37.6 Å². The Morgan fingerprint density at radius 1 is 0.657 bits per heavy atom. The fourth-order valence-electron chi connectivity index (χ4n) is 3.69. The second-order valence-corrected chi connectivity index (χ2v) is 8.01. The summed E-state index contributed by atoms with van der Waals surface area (Å²) in [5, 5.41) is 21.6. The maximum Gasteiger partial charge on any atom is 0.338 e. The summed E-state index contributed by atoms with van der Waals surface area (Å²) in [4.78, 5) is 24.5. The molecule has 0 bridgehead atoms. The van der Waals surface area contributed by atoms with Gasteiger partial charge in [-0.2, -0.15) is 0 Å². The molecule has 0 spiro atoms. The van der Waals surface area contributed by atoms with Crippen LogP contribution in [0.5, 0.6) is 0 Å². The van der Waals surface area contributed by atoms with E-state index >= 15 is 0 Å². The Morgan fingerprint density at radius 2 is 1.03 bits per heavy atom. The Kier molecular flexibility index (Phi) is 8.23. The van der Waals surface area contributed by atoms with E-state index in [1.807, 2.05) is 6.07 Å². The fraction of sp³-hybridized carbons (Fsp3) is 0.259. The van der Waals surface area contributed by atoms with Crippen LogP contribution < -0.4 is 0 Å². The van der Waals surface area contributed by atoms with Gasteiger partial charge in [-0.05, 0) is 24.3 Å². The molecule has 3 aromatic rings. The summed E-state index contributed by atoms with van der Waals surface area (Å²) in [5.74, 6) is -1.20. The van der Waals surface area contributed by atoms with Crippen LogP contribution in [-0.4, -0.2) is 59.8 Å². The summed E-state index contributed by atoms with van der Waals surface area (Å²) >= 11 is 0. The molecule has 35 heavy (non-hydrogen) atoms. The Morgan fingerprint density at radius 3 is 1.43 bits per heavy atom. The molecule has 1 fully saturated rings. The lowest BCUT2D eigenvalue weighted by molar-refractivity contribution is -0.0966. The number of hydrogen-bond donors (Lipinski definition) is 2. The number of aliphatic hydroxyl groups excluding tert-OH is 2. The van der Waals surface area contributed by atoms with E-state index in [-0.39, 0.29) is 13.2 Å². The van der Waals surface area contributed by atoms with Crippen molar-refractivity contribution < 1.29 is 38.7 Å². The third-order valence-electron chi connectivity index (χ3n) is 5.50. The summed E-state index contributed by atoms with van der Waals surface area (Å²) in [6.07, 6.45) is -5.57. The molecular formula is C27H26O8. The molecule has 3 aromatic carbocycles. The van der Waals surface area contributed by atoms with Crippen molar-refractivity contribution in [1.82, 2.24) is 0 Å². The Bertz CT molecular complexity index is 1020. The predicted octanol–water partition coefficient (Wildman–Crippen LogP) is 2.91. The molecule has 1 heterocycles. The molecule has 0 aliphatic carbocycles. The third-order valence-corrected chi connectivity index (χ3v) is 5.50. The molecule has 0 unspecified atom stereocenters. The monoisotopic (exact) mass is 478 g/mol. The molecule has 0 radical (unpaired) electrons. The number of carbonyl (C=O) groups excluding carboxylic acids is 2. The standard InChI is InChI=1S/C27H26O8/c28-21(16-32-25(30)18-10-4-1-5-11-18)23-24(35-27(34-23)20-14-8-3-9-15-20)22(29)17-33-26(31)19-12-6-2-7-13-19/h1-15,21-24,27-29H,16-17H2/t21-,22-,23-,24-/m1/s1. The van der Waals surface area contributed by atoms with Gasteiger partial charge in [0, 0.05) is 5.56 Å². The highest BCUT2D eigenvalue weighted by atomic mass is 16.7. The number of esters is 2. The topological polar surface area (TPSA) is 112 Å². The number of hydrogen-bond acceptors (Lipinski definition) is 8. The van der Waals surface area contributed by atoms with Crippen molar-refractivity contribution in [3.8, 4) is 0 Å². The second kappa shape index (κ2) is 11.7. The van der Waals surface area contributed by atoms with E-state index in [2.05, 4.69) is 0 Å². The summed E-state index contributed by atoms with van der Waals surface area (Å²) in [6, 6.07) is 25.8. The number of aliphatic hydroxyl groups is 2. The molecular weight excluding hydrogens is 452 g/mol. The van der Waals surface area contributed by atoms with Crippen LogP contribution in [0, 0.1) is 0 Å². The highest BCUT2D eigenvalue weighted by Crippen LogP contribution is 2.34. The van der Waals surface area contributed by atoms with Crippen LogP contribution in [0.4, 0.5) is 0 Å². The van der Waals surface area contributed by atoms with Crippen LogP contribution in [0.2, 0.25) is 0 Å². The lowest BCUT2D eigenvalue weighted by Gasteiger charge is -2.25. The van der Waals surface area contributed by atoms with Crippen molar-refractivity contribution in [3.05, 3.63) is 108 Å². The average molecular weight is 478 g/mol. The molecule has 0 amide bonds. The smallest absolute Gasteiger partial charge is 0.338 e. The average Bonchev–Trinajstić information content (AvgIpc) is 3.37. The third kappa shape index (κ3) is 6.32. The molecule has 4 rings (SSSR count). The van der Waals surface area contributed by atoms with E-state index in [0.29, 0.717) is 16.7 Å². The van der Waals surface area contributed by atoms with Crippen molar-refractivity contribution in [2.24, 2.45) is 0 Å². The second-order valence-electron chi connectivity index (χ2n) is 8.01. The fourth-order valence-corrected chi connectivity index (χ4v) is 3.69. The summed E-state index contributed by atoms with van der Waals surface area (Å²) in [6.45, 7) is -0.757. The van der Waals surface area contributed by atoms with Crippen molar-refractivity contribution in [3.63, 3.8) is 0 Å². The quantitative estimate of drug-likeness (QED) is 0.452. The largest absolute Gasteiger partial charge is 0.459 e. The molecule has 1 saturated heterocycles. The Labute approximate surface area is 202 Å². The molecule has 8 nitrogen and oxygen atoms in total. The first-order valence-electron chi connectivity index (χ1n) is 11.2. The molecule has 8 heteroatoms. The van der Waals surface area contributed by atoms with Gasteiger partial charge in [-0.1, -0.05) is 66.7 Å². The van der Waals surface area contributed by atoms with Crippen molar-refractivity contribution in [1.29, 1.82) is 0 Å². The summed E-state index contributed by atoms with van der Waals surface area (Å²) in [5.41, 5.74) is 1.37. The molecule has 1 aliphatic heterocycles. The van der Waals surface area contributed by atoms with Crippen molar-refractivity contribution >= 4 is 11.9 Å². The van der Waals surface area contributed by atoms with Gasteiger partial charge >= 0.3 is 11.9 Å². The Hall–Kier alpha value is -3.56. The first-order valence-corrected chi connectivity index (χ1v) is 11.2. The number of ether oxygens (including phenoxy) is 4. The van der Waals surface area contributed by atoms with Crippen LogP contribution in [0.15, 0.2) is 91.0 Å². The zero-order valence-corrected chi connectivity index (χ0v) is 18.8. The molecule has 182 valence electrons. The Balaban J connectivity index is 1.42. The highest BCUT2D eigenvalue weighted by Gasteiger charge is 2.45. The minimum atomic E-state index is -1.30. The summed E-state index contributed by atoms with van der Waals surface area (Å²) < 4.78 is 22.3. The molecule has 1 aliphatic rings. The molecule has 0 saturated carbocycles. The van der Waals surface area contributed by atoms with Gasteiger partial charge in [0.15, 0.2) is 6.29 Å². The van der Waals surface area contributed by atoms with Gasteiger partial charge in [0.2, 0.25) is 0 Å². The minimum Gasteiger partial charge on any atom is -0.459 e. The van der Waals surface area contributed by atoms with Gasteiger partial charge in [-0.25, -0.2) is 9.59 Å². The SMILES string of the molecule is O=C(OC[C@@H](O)[C@H]1OC(c2ccccc2)O[C@@H]1[C@H](O)COC(=O)c1ccccc1)c1ccccc1. The lowest BCUT2D eigenvalue weighted by Crippen LogP contribution is -2.46. The van der Waals surface area contributed by atoms with E-state index < -0.39 is 42.6 Å². The zero-order valence-electron chi connectivity index (χ0n) is 18.8. The van der Waals surface area contributed by atoms with Gasteiger partial charge in [-0.3, -0.25) is 0 Å². The molecule has 4 atom stereocenters. The number of benzene rings is 3. The van der Waals surface area contributed by atoms with Crippen LogP contribution in [0.1, 0.15) is 32.6 Å². The van der Waals surface area contributed by atoms with E-state index in [0.717, 1.165) is 0 Å². The minimum absolute atomic E-state index is 0.342. The van der Waals surface area contributed by atoms with Gasteiger partial charge in [0.05, 0.1) is 11.1 Å². The summed E-state index contributed by atoms with van der Waals surface area (Å²) in [7, 11) is 0. The van der Waals surface area contributed by atoms with Crippen molar-refractivity contribution in [2.75, 3.05) is 13.2 Å². The molecule has 2 N–H and O–H groups in total. The van der Waals surface area contributed by atoms with Crippen molar-refractivity contribution in [2.45, 2.75) is 30.7 Å². The first-order chi connectivity index (χ1) is 17.0. The van der Waals surface area contributed by atoms with Crippen LogP contribution in [0.25, 0.3) is 0 Å². The number of rotatable bonds is 9.